The number of methoxy groups -OCH3 is 1. The average Bonchev–Trinajstić information content (AvgIpc) is 2.88. The quantitative estimate of drug-likeness (QED) is 0.382. The number of aliphatic imine (C=N–C) groups is 1. The second kappa shape index (κ2) is 10.3. The third-order valence-corrected chi connectivity index (χ3v) is 3.97. The number of hydrogen-bond donors (Lipinski definition) is 2. The molecular formula is C19H23FIN3O3. The number of nitrogens with two attached hydrogens (primary N) is 1. The molecule has 0 aromatic heterocycles. The average molecular weight is 487 g/mol. The molecule has 27 heavy (non-hydrogen) atoms. The number of nitrogens with zero attached hydrogens (tertiary/aromatic N) is 1. The summed E-state index contributed by atoms with van der Waals surface area (Å²) >= 11 is 0. The summed E-state index contributed by atoms with van der Waals surface area (Å²) in [5, 5.41) is 3.03. The van der Waals surface area contributed by atoms with Crippen LogP contribution in [0.15, 0.2) is 47.5 Å². The zero-order valence-electron chi connectivity index (χ0n) is 15.0. The van der Waals surface area contributed by atoms with Gasteiger partial charge < -0.3 is 25.3 Å². The molecule has 0 amide bonds. The molecule has 0 bridgehead atoms. The predicted octanol–water partition coefficient (Wildman–Crippen LogP) is 3.72. The molecule has 146 valence electrons. The van der Waals surface area contributed by atoms with E-state index in [1.807, 2.05) is 18.2 Å². The maximum atomic E-state index is 13.0. The molecule has 0 aliphatic carbocycles. The molecule has 0 spiro atoms. The SMILES string of the molecule is COC(CN=C(N)Nc1ccc2c(c1)OCCCO2)c1ccc(F)cc1.I. The second-order valence-corrected chi connectivity index (χ2v) is 5.84. The molecule has 1 unspecified atom stereocenters. The van der Waals surface area contributed by atoms with Gasteiger partial charge in [-0.2, -0.15) is 0 Å². The number of nitrogens with one attached hydrogen (secondary N) is 1. The molecule has 2 aromatic rings. The highest BCUT2D eigenvalue weighted by Crippen LogP contribution is 2.32. The lowest BCUT2D eigenvalue weighted by atomic mass is 10.1. The highest BCUT2D eigenvalue weighted by molar-refractivity contribution is 14.0. The van der Waals surface area contributed by atoms with Crippen molar-refractivity contribution in [3.05, 3.63) is 53.8 Å². The smallest absolute Gasteiger partial charge is 0.193 e. The lowest BCUT2D eigenvalue weighted by molar-refractivity contribution is 0.111. The first-order valence-corrected chi connectivity index (χ1v) is 8.40. The van der Waals surface area contributed by atoms with E-state index in [0.29, 0.717) is 25.5 Å². The van der Waals surface area contributed by atoms with E-state index in [1.54, 1.807) is 19.2 Å². The standard InChI is InChI=1S/C19H22FN3O3.HI/c1-24-18(13-3-5-14(20)6-4-13)12-22-19(21)23-15-7-8-16-17(11-15)26-10-2-9-25-16;/h3-8,11,18H,2,9-10,12H2,1H3,(H3,21,22,23);1H. The molecule has 3 N–H and O–H groups in total. The molecule has 1 heterocycles. The van der Waals surface area contributed by atoms with E-state index in [4.69, 9.17) is 19.9 Å². The van der Waals surface area contributed by atoms with Crippen molar-refractivity contribution in [1.29, 1.82) is 0 Å². The maximum absolute atomic E-state index is 13.0. The molecule has 1 aliphatic rings. The number of fused-ring (bicyclic) bond motifs is 1. The van der Waals surface area contributed by atoms with Gasteiger partial charge >= 0.3 is 0 Å². The molecule has 0 saturated carbocycles. The number of anilines is 1. The van der Waals surface area contributed by atoms with Crippen molar-refractivity contribution in [2.45, 2.75) is 12.5 Å². The molecule has 1 atom stereocenters. The van der Waals surface area contributed by atoms with Crippen LogP contribution in [0, 0.1) is 5.82 Å². The van der Waals surface area contributed by atoms with Crippen molar-refractivity contribution in [2.75, 3.05) is 32.2 Å². The molecule has 0 radical (unpaired) electrons. The number of ether oxygens (including phenoxy) is 3. The third kappa shape index (κ3) is 5.96. The van der Waals surface area contributed by atoms with E-state index < -0.39 is 0 Å². The van der Waals surface area contributed by atoms with Crippen molar-refractivity contribution in [1.82, 2.24) is 0 Å². The normalized spacial score (nSPS) is 14.7. The van der Waals surface area contributed by atoms with Gasteiger partial charge in [0, 0.05) is 25.3 Å². The zero-order valence-corrected chi connectivity index (χ0v) is 17.3. The number of halogens is 2. The first-order valence-electron chi connectivity index (χ1n) is 8.40. The van der Waals surface area contributed by atoms with Gasteiger partial charge in [-0.05, 0) is 29.8 Å². The van der Waals surface area contributed by atoms with Crippen molar-refractivity contribution >= 4 is 35.6 Å². The van der Waals surface area contributed by atoms with Crippen LogP contribution in [0.1, 0.15) is 18.1 Å². The fourth-order valence-electron chi connectivity index (χ4n) is 2.60. The summed E-state index contributed by atoms with van der Waals surface area (Å²) in [6.07, 6.45) is 0.544. The van der Waals surface area contributed by atoms with Crippen LogP contribution in [0.5, 0.6) is 11.5 Å². The summed E-state index contributed by atoms with van der Waals surface area (Å²) in [5.74, 6) is 1.37. The number of rotatable bonds is 5. The number of guanidine groups is 1. The van der Waals surface area contributed by atoms with Crippen LogP contribution in [-0.4, -0.2) is 32.8 Å². The first kappa shape index (κ1) is 21.2. The first-order chi connectivity index (χ1) is 12.7. The molecule has 6 nitrogen and oxygen atoms in total. The second-order valence-electron chi connectivity index (χ2n) is 5.84. The minimum atomic E-state index is -0.306. The number of benzene rings is 2. The lowest BCUT2D eigenvalue weighted by Gasteiger charge is -2.14. The van der Waals surface area contributed by atoms with Crippen molar-refractivity contribution in [2.24, 2.45) is 10.7 Å². The van der Waals surface area contributed by atoms with Crippen molar-refractivity contribution in [3.63, 3.8) is 0 Å². The minimum Gasteiger partial charge on any atom is -0.490 e. The predicted molar refractivity (Wildman–Crippen MR) is 114 cm³/mol. The largest absolute Gasteiger partial charge is 0.490 e. The third-order valence-electron chi connectivity index (χ3n) is 3.97. The van der Waals surface area contributed by atoms with E-state index in [-0.39, 0.29) is 41.9 Å². The van der Waals surface area contributed by atoms with E-state index in [0.717, 1.165) is 23.4 Å². The molecule has 2 aromatic carbocycles. The van der Waals surface area contributed by atoms with Gasteiger partial charge in [0.05, 0.1) is 19.8 Å². The van der Waals surface area contributed by atoms with Crippen LogP contribution >= 0.6 is 24.0 Å². The molecule has 0 saturated heterocycles. The Hall–Kier alpha value is -2.07. The van der Waals surface area contributed by atoms with Gasteiger partial charge in [-0.25, -0.2) is 4.39 Å². The lowest BCUT2D eigenvalue weighted by Crippen LogP contribution is -2.24. The van der Waals surface area contributed by atoms with Gasteiger partial charge in [-0.1, -0.05) is 12.1 Å². The Morgan fingerprint density at radius 2 is 1.89 bits per heavy atom. The topological polar surface area (TPSA) is 78.1 Å². The molecule has 0 fully saturated rings. The van der Waals surface area contributed by atoms with Crippen LogP contribution in [0.25, 0.3) is 0 Å². The van der Waals surface area contributed by atoms with Gasteiger partial charge in [0.2, 0.25) is 0 Å². The van der Waals surface area contributed by atoms with Crippen LogP contribution in [0.2, 0.25) is 0 Å². The summed E-state index contributed by atoms with van der Waals surface area (Å²) in [5.41, 5.74) is 7.56. The van der Waals surface area contributed by atoms with E-state index >= 15 is 0 Å². The van der Waals surface area contributed by atoms with Crippen molar-refractivity contribution < 1.29 is 18.6 Å². The Kier molecular flexibility index (Phi) is 8.11. The highest BCUT2D eigenvalue weighted by atomic mass is 127. The zero-order chi connectivity index (χ0) is 18.4. The van der Waals surface area contributed by atoms with Crippen LogP contribution in [-0.2, 0) is 4.74 Å². The van der Waals surface area contributed by atoms with E-state index in [2.05, 4.69) is 10.3 Å². The van der Waals surface area contributed by atoms with E-state index in [9.17, 15) is 4.39 Å². The van der Waals surface area contributed by atoms with Crippen LogP contribution in [0.3, 0.4) is 0 Å². The Balaban J connectivity index is 0.00000261. The van der Waals surface area contributed by atoms with Gasteiger partial charge in [0.25, 0.3) is 0 Å². The Bertz CT molecular complexity index is 771. The Morgan fingerprint density at radius 3 is 2.59 bits per heavy atom. The monoisotopic (exact) mass is 487 g/mol. The summed E-state index contributed by atoms with van der Waals surface area (Å²) in [6.45, 7) is 1.57. The van der Waals surface area contributed by atoms with Gasteiger partial charge in [0.1, 0.15) is 11.9 Å². The van der Waals surface area contributed by atoms with Crippen LogP contribution in [0.4, 0.5) is 10.1 Å². The van der Waals surface area contributed by atoms with Gasteiger partial charge in [-0.3, -0.25) is 4.99 Å². The summed E-state index contributed by atoms with van der Waals surface area (Å²) < 4.78 is 29.7. The summed E-state index contributed by atoms with van der Waals surface area (Å²) in [4.78, 5) is 4.31. The fraction of sp³-hybridized carbons (Fsp3) is 0.316. The number of hydrogen-bond acceptors (Lipinski definition) is 4. The highest BCUT2D eigenvalue weighted by Gasteiger charge is 2.12. The summed E-state index contributed by atoms with van der Waals surface area (Å²) in [7, 11) is 1.58. The fourth-order valence-corrected chi connectivity index (χ4v) is 2.60. The molecule has 8 heteroatoms. The molecule has 1 aliphatic heterocycles. The van der Waals surface area contributed by atoms with Gasteiger partial charge in [-0.15, -0.1) is 24.0 Å². The Morgan fingerprint density at radius 1 is 1.19 bits per heavy atom. The Labute approximate surface area is 174 Å². The van der Waals surface area contributed by atoms with Gasteiger partial charge in [0.15, 0.2) is 17.5 Å². The van der Waals surface area contributed by atoms with E-state index in [1.165, 1.54) is 12.1 Å². The maximum Gasteiger partial charge on any atom is 0.193 e. The summed E-state index contributed by atoms with van der Waals surface area (Å²) in [6, 6.07) is 11.7. The molecule has 3 rings (SSSR count). The molecular weight excluding hydrogens is 464 g/mol. The van der Waals surface area contributed by atoms with Crippen molar-refractivity contribution in [3.8, 4) is 11.5 Å². The minimum absolute atomic E-state index is 0. The van der Waals surface area contributed by atoms with Crippen LogP contribution < -0.4 is 20.5 Å².